The van der Waals surface area contributed by atoms with Crippen LogP contribution in [0.2, 0.25) is 0 Å². The first-order chi connectivity index (χ1) is 15.9. The Labute approximate surface area is 193 Å². The summed E-state index contributed by atoms with van der Waals surface area (Å²) in [6.45, 7) is 2.46. The lowest BCUT2D eigenvalue weighted by atomic mass is 9.55. The van der Waals surface area contributed by atoms with Crippen LogP contribution in [0, 0.1) is 27.4 Å². The van der Waals surface area contributed by atoms with Crippen LogP contribution in [0.5, 0.6) is 5.75 Å². The number of aliphatic hydroxyl groups is 1. The molecule has 2 aromatic carbocycles. The van der Waals surface area contributed by atoms with Crippen LogP contribution in [-0.2, 0) is 17.9 Å². The predicted octanol–water partition coefficient (Wildman–Crippen LogP) is 5.07. The fraction of sp³-hybridized carbons (Fsp3) is 0.500. The van der Waals surface area contributed by atoms with Crippen molar-refractivity contribution in [3.8, 4) is 5.75 Å². The van der Waals surface area contributed by atoms with Crippen LogP contribution < -0.4 is 0 Å². The number of aryl methyl sites for hydroxylation is 1. The Hall–Kier alpha value is -2.93. The molecule has 0 aromatic heterocycles. The number of phenols is 1. The van der Waals surface area contributed by atoms with Crippen molar-refractivity contribution < 1.29 is 20.0 Å². The van der Waals surface area contributed by atoms with E-state index in [0.717, 1.165) is 44.1 Å². The standard InChI is InChI=1S/C26H30N2O5/c1-26-11-10-20-21(23(26)8-9-25(26)30)7-4-17-13-24(29)18(12-22(17)20)14-27-33-15-16-2-5-19(6-3-16)28(31)32/h2-3,5-6,12-14,20-21,23,25,29-30H,4,7-11,15H2,1H3/t20-,21+,23-,25-,26-/m0/s1. The number of oxime groups is 1. The van der Waals surface area contributed by atoms with Gasteiger partial charge >= 0.3 is 0 Å². The van der Waals surface area contributed by atoms with Crippen molar-refractivity contribution in [3.05, 3.63) is 68.8 Å². The van der Waals surface area contributed by atoms with Crippen molar-refractivity contribution >= 4 is 11.9 Å². The molecule has 0 saturated heterocycles. The topological polar surface area (TPSA) is 105 Å². The third-order valence-corrected chi connectivity index (χ3v) is 8.47. The highest BCUT2D eigenvalue weighted by atomic mass is 16.6. The maximum Gasteiger partial charge on any atom is 0.269 e. The zero-order valence-corrected chi connectivity index (χ0v) is 18.8. The van der Waals surface area contributed by atoms with E-state index in [9.17, 15) is 20.3 Å². The van der Waals surface area contributed by atoms with Crippen molar-refractivity contribution in [2.45, 2.75) is 64.1 Å². The minimum Gasteiger partial charge on any atom is -0.507 e. The van der Waals surface area contributed by atoms with E-state index in [1.54, 1.807) is 12.1 Å². The van der Waals surface area contributed by atoms with Gasteiger partial charge in [-0.2, -0.15) is 0 Å². The molecule has 5 rings (SSSR count). The molecular formula is C26H30N2O5. The van der Waals surface area contributed by atoms with Gasteiger partial charge in [0.25, 0.3) is 5.69 Å². The summed E-state index contributed by atoms with van der Waals surface area (Å²) in [5.74, 6) is 1.81. The zero-order chi connectivity index (χ0) is 23.2. The highest BCUT2D eigenvalue weighted by Crippen LogP contribution is 2.61. The van der Waals surface area contributed by atoms with Gasteiger partial charge in [0.1, 0.15) is 12.4 Å². The molecule has 174 valence electrons. The lowest BCUT2D eigenvalue weighted by molar-refractivity contribution is -0.384. The molecule has 2 saturated carbocycles. The maximum atomic E-state index is 10.8. The predicted molar refractivity (Wildman–Crippen MR) is 124 cm³/mol. The van der Waals surface area contributed by atoms with Gasteiger partial charge in [-0.25, -0.2) is 0 Å². The number of non-ortho nitro benzene ring substituents is 1. The van der Waals surface area contributed by atoms with Crippen LogP contribution in [0.1, 0.15) is 67.2 Å². The molecule has 2 fully saturated rings. The van der Waals surface area contributed by atoms with E-state index < -0.39 is 4.92 Å². The van der Waals surface area contributed by atoms with Crippen molar-refractivity contribution in [2.75, 3.05) is 0 Å². The summed E-state index contributed by atoms with van der Waals surface area (Å²) in [7, 11) is 0. The normalized spacial score (nSPS) is 30.5. The quantitative estimate of drug-likeness (QED) is 0.376. The Bertz CT molecular complexity index is 1080. The monoisotopic (exact) mass is 450 g/mol. The van der Waals surface area contributed by atoms with Crippen molar-refractivity contribution in [2.24, 2.45) is 22.4 Å². The number of benzene rings is 2. The average molecular weight is 451 g/mol. The summed E-state index contributed by atoms with van der Waals surface area (Å²) in [5.41, 5.74) is 4.03. The number of nitro groups is 1. The van der Waals surface area contributed by atoms with Gasteiger partial charge in [0.05, 0.1) is 17.2 Å². The van der Waals surface area contributed by atoms with Crippen LogP contribution in [0.4, 0.5) is 5.69 Å². The summed E-state index contributed by atoms with van der Waals surface area (Å²) < 4.78 is 0. The summed E-state index contributed by atoms with van der Waals surface area (Å²) in [6, 6.07) is 10.1. The fourth-order valence-electron chi connectivity index (χ4n) is 6.62. The van der Waals surface area contributed by atoms with Gasteiger partial charge in [-0.3, -0.25) is 10.1 Å². The highest BCUT2D eigenvalue weighted by molar-refractivity contribution is 5.83. The Morgan fingerprint density at radius 1 is 1.21 bits per heavy atom. The Kier molecular flexibility index (Phi) is 5.60. The van der Waals surface area contributed by atoms with Crippen LogP contribution in [0.25, 0.3) is 0 Å². The molecule has 2 N–H and O–H groups in total. The Morgan fingerprint density at radius 3 is 2.76 bits per heavy atom. The van der Waals surface area contributed by atoms with Gasteiger partial charge in [-0.05, 0) is 103 Å². The largest absolute Gasteiger partial charge is 0.507 e. The lowest BCUT2D eigenvalue weighted by Crippen LogP contribution is -2.43. The molecule has 7 heteroatoms. The number of nitrogens with zero attached hydrogens (tertiary/aromatic N) is 2. The molecule has 5 atom stereocenters. The van der Waals surface area contributed by atoms with E-state index in [4.69, 9.17) is 4.84 Å². The number of nitro benzene ring substituents is 1. The number of hydrogen-bond acceptors (Lipinski definition) is 6. The van der Waals surface area contributed by atoms with Gasteiger partial charge in [-0.15, -0.1) is 0 Å². The summed E-state index contributed by atoms with van der Waals surface area (Å²) in [4.78, 5) is 15.7. The molecule has 7 nitrogen and oxygen atoms in total. The zero-order valence-electron chi connectivity index (χ0n) is 18.8. The first-order valence-electron chi connectivity index (χ1n) is 11.8. The van der Waals surface area contributed by atoms with Crippen LogP contribution in [0.15, 0.2) is 41.6 Å². The van der Waals surface area contributed by atoms with Gasteiger partial charge in [0.15, 0.2) is 0 Å². The minimum atomic E-state index is -0.437. The summed E-state index contributed by atoms with van der Waals surface area (Å²) >= 11 is 0. The first kappa shape index (κ1) is 21.9. The van der Waals surface area contributed by atoms with Crippen molar-refractivity contribution in [1.29, 1.82) is 0 Å². The van der Waals surface area contributed by atoms with E-state index in [0.29, 0.717) is 23.3 Å². The second kappa shape index (κ2) is 8.45. The van der Waals surface area contributed by atoms with Gasteiger partial charge in [0.2, 0.25) is 0 Å². The number of rotatable bonds is 5. The Morgan fingerprint density at radius 2 is 2.00 bits per heavy atom. The van der Waals surface area contributed by atoms with Gasteiger partial charge in [0, 0.05) is 17.7 Å². The molecule has 3 aliphatic carbocycles. The van der Waals surface area contributed by atoms with Gasteiger partial charge in [-0.1, -0.05) is 12.1 Å². The Balaban J connectivity index is 1.30. The molecule has 33 heavy (non-hydrogen) atoms. The van der Waals surface area contributed by atoms with Crippen molar-refractivity contribution in [1.82, 2.24) is 0 Å². The number of aliphatic hydroxyl groups excluding tert-OH is 1. The molecule has 2 aromatic rings. The van der Waals surface area contributed by atoms with Crippen LogP contribution in [-0.4, -0.2) is 27.5 Å². The molecular weight excluding hydrogens is 420 g/mol. The average Bonchev–Trinajstić information content (AvgIpc) is 3.11. The first-order valence-corrected chi connectivity index (χ1v) is 11.8. The summed E-state index contributed by atoms with van der Waals surface area (Å²) in [5, 5.41) is 35.9. The molecule has 0 aliphatic heterocycles. The highest BCUT2D eigenvalue weighted by Gasteiger charge is 2.54. The van der Waals surface area contributed by atoms with E-state index >= 15 is 0 Å². The number of hydrogen-bond donors (Lipinski definition) is 2. The SMILES string of the molecule is C[C@]12CC[C@@H]3c4cc(C=NOCc5ccc([N+](=O)[O-])cc5)c(O)cc4CC[C@H]3[C@@H]1CC[C@@H]2O. The minimum absolute atomic E-state index is 0.0367. The fourth-order valence-corrected chi connectivity index (χ4v) is 6.62. The summed E-state index contributed by atoms with van der Waals surface area (Å²) in [6.07, 6.45) is 7.57. The smallest absolute Gasteiger partial charge is 0.269 e. The third kappa shape index (κ3) is 3.88. The lowest BCUT2D eigenvalue weighted by Gasteiger charge is -2.50. The molecule has 0 bridgehead atoms. The van der Waals surface area contributed by atoms with Gasteiger partial charge < -0.3 is 15.1 Å². The molecule has 0 unspecified atom stereocenters. The molecule has 3 aliphatic rings. The van der Waals surface area contributed by atoms with E-state index in [1.165, 1.54) is 29.5 Å². The number of fused-ring (bicyclic) bond motifs is 5. The number of aromatic hydroxyl groups is 1. The van der Waals surface area contributed by atoms with Crippen LogP contribution in [0.3, 0.4) is 0 Å². The van der Waals surface area contributed by atoms with E-state index in [2.05, 4.69) is 18.1 Å². The third-order valence-electron chi connectivity index (χ3n) is 8.47. The van der Waals surface area contributed by atoms with Crippen LogP contribution >= 0.6 is 0 Å². The van der Waals surface area contributed by atoms with E-state index in [-0.39, 0.29) is 29.6 Å². The van der Waals surface area contributed by atoms with Crippen molar-refractivity contribution in [3.63, 3.8) is 0 Å². The molecule has 0 radical (unpaired) electrons. The number of phenolic OH excluding ortho intramolecular Hbond substituents is 1. The second-order valence-electron chi connectivity index (χ2n) is 10.1. The molecule has 0 amide bonds. The maximum absolute atomic E-state index is 10.8. The molecule has 0 spiro atoms. The molecule has 0 heterocycles. The second-order valence-corrected chi connectivity index (χ2v) is 10.1. The van der Waals surface area contributed by atoms with E-state index in [1.807, 2.05) is 6.07 Å².